The minimum Gasteiger partial charge on any atom is -0.313 e. The minimum atomic E-state index is -3.82. The van der Waals surface area contributed by atoms with Gasteiger partial charge in [0.2, 0.25) is 15.0 Å². The molecule has 0 radical (unpaired) electrons. The first-order chi connectivity index (χ1) is 13.3. The highest BCUT2D eigenvalue weighted by atomic mass is 35.5. The zero-order valence-electron chi connectivity index (χ0n) is 15.0. The summed E-state index contributed by atoms with van der Waals surface area (Å²) >= 11 is 5.83. The molecular formula is C18H18ClFN4O3S. The largest absolute Gasteiger partial charge is 0.313 e. The maximum atomic E-state index is 14.3. The Balaban J connectivity index is 1.81. The highest BCUT2D eigenvalue weighted by Crippen LogP contribution is 2.23. The summed E-state index contributed by atoms with van der Waals surface area (Å²) in [6.07, 6.45) is 1.84. The highest BCUT2D eigenvalue weighted by Gasteiger charge is 2.20. The van der Waals surface area contributed by atoms with Crippen molar-refractivity contribution in [3.05, 3.63) is 62.9 Å². The van der Waals surface area contributed by atoms with Crippen molar-refractivity contribution in [3.63, 3.8) is 0 Å². The molecule has 2 N–H and O–H groups in total. The van der Waals surface area contributed by atoms with E-state index < -0.39 is 37.0 Å². The molecule has 2 aromatic heterocycles. The van der Waals surface area contributed by atoms with E-state index in [-0.39, 0.29) is 11.1 Å². The van der Waals surface area contributed by atoms with Gasteiger partial charge in [-0.25, -0.2) is 22.8 Å². The van der Waals surface area contributed by atoms with E-state index in [0.717, 1.165) is 11.8 Å². The monoisotopic (exact) mass is 424 g/mol. The number of sulfone groups is 1. The maximum absolute atomic E-state index is 14.3. The molecule has 28 heavy (non-hydrogen) atoms. The van der Waals surface area contributed by atoms with Crippen molar-refractivity contribution in [1.82, 2.24) is 20.3 Å². The number of halogens is 2. The summed E-state index contributed by atoms with van der Waals surface area (Å²) < 4.78 is 37.7. The lowest BCUT2D eigenvalue weighted by Crippen LogP contribution is -2.19. The summed E-state index contributed by atoms with van der Waals surface area (Å²) in [5.41, 5.74) is 0.263. The van der Waals surface area contributed by atoms with Crippen molar-refractivity contribution in [2.45, 2.75) is 24.5 Å². The summed E-state index contributed by atoms with van der Waals surface area (Å²) in [4.78, 5) is 22.3. The number of aromatic nitrogens is 3. The average molecular weight is 425 g/mol. The lowest BCUT2D eigenvalue weighted by Gasteiger charge is -2.09. The number of hydrogen-bond donors (Lipinski definition) is 2. The molecule has 148 valence electrons. The molecular weight excluding hydrogens is 407 g/mol. The molecule has 0 saturated heterocycles. The Morgan fingerprint density at radius 3 is 2.61 bits per heavy atom. The molecule has 0 unspecified atom stereocenters. The van der Waals surface area contributed by atoms with Crippen LogP contribution in [0.2, 0.25) is 5.15 Å². The van der Waals surface area contributed by atoms with Crippen molar-refractivity contribution in [1.29, 1.82) is 0 Å². The Bertz CT molecular complexity index is 1170. The van der Waals surface area contributed by atoms with Gasteiger partial charge >= 0.3 is 0 Å². The third-order valence-electron chi connectivity index (χ3n) is 4.10. The van der Waals surface area contributed by atoms with Gasteiger partial charge in [-0.05, 0) is 24.9 Å². The summed E-state index contributed by atoms with van der Waals surface area (Å²) in [5, 5.41) is 2.13. The van der Waals surface area contributed by atoms with Gasteiger partial charge in [-0.15, -0.1) is 0 Å². The predicted molar refractivity (Wildman–Crippen MR) is 105 cm³/mol. The van der Waals surface area contributed by atoms with Gasteiger partial charge in [0.15, 0.2) is 11.0 Å². The number of fused-ring (bicyclic) bond motifs is 1. The Labute approximate surface area is 165 Å². The molecule has 0 bridgehead atoms. The van der Waals surface area contributed by atoms with Gasteiger partial charge in [0.25, 0.3) is 5.56 Å². The normalized spacial score (nSPS) is 11.8. The smallest absolute Gasteiger partial charge is 0.261 e. The van der Waals surface area contributed by atoms with Crippen LogP contribution in [0, 0.1) is 5.82 Å². The lowest BCUT2D eigenvalue weighted by atomic mass is 10.1. The number of aromatic amines is 1. The number of aryl methyl sites for hydroxylation is 1. The van der Waals surface area contributed by atoms with E-state index in [9.17, 15) is 17.6 Å². The van der Waals surface area contributed by atoms with Crippen molar-refractivity contribution >= 4 is 32.3 Å². The number of pyridine rings is 1. The zero-order chi connectivity index (χ0) is 20.3. The molecule has 0 saturated carbocycles. The van der Waals surface area contributed by atoms with Crippen molar-refractivity contribution in [2.24, 2.45) is 0 Å². The third kappa shape index (κ3) is 4.54. The summed E-state index contributed by atoms with van der Waals surface area (Å²) in [5.74, 6) is -1.02. The molecule has 0 amide bonds. The van der Waals surface area contributed by atoms with Crippen molar-refractivity contribution < 1.29 is 12.8 Å². The number of nitrogens with one attached hydrogen (secondary N) is 2. The lowest BCUT2D eigenvalue weighted by molar-refractivity contribution is 0.591. The van der Waals surface area contributed by atoms with Crippen LogP contribution >= 0.6 is 11.6 Å². The number of rotatable bonds is 7. The van der Waals surface area contributed by atoms with E-state index in [4.69, 9.17) is 11.6 Å². The number of nitrogens with zero attached hydrogens (tertiary/aromatic N) is 2. The summed E-state index contributed by atoms with van der Waals surface area (Å²) in [6.45, 7) is 1.33. The Hall–Kier alpha value is -2.36. The SMILES string of the molecule is CS(=O)(=O)c1nc2c(F)c(Cl)nc(CCCNCc3ccccc3)c2c(=O)[nH]1. The molecule has 0 aliphatic heterocycles. The second-order valence-electron chi connectivity index (χ2n) is 6.30. The first-order valence-corrected chi connectivity index (χ1v) is 10.8. The van der Waals surface area contributed by atoms with Crippen molar-refractivity contribution in [3.8, 4) is 0 Å². The van der Waals surface area contributed by atoms with Gasteiger partial charge < -0.3 is 5.32 Å². The van der Waals surface area contributed by atoms with E-state index in [1.807, 2.05) is 30.3 Å². The fourth-order valence-electron chi connectivity index (χ4n) is 2.77. The van der Waals surface area contributed by atoms with E-state index in [1.165, 1.54) is 0 Å². The van der Waals surface area contributed by atoms with Crippen molar-refractivity contribution in [2.75, 3.05) is 12.8 Å². The second kappa shape index (κ2) is 8.34. The van der Waals surface area contributed by atoms with Crippen LogP contribution in [0.3, 0.4) is 0 Å². The van der Waals surface area contributed by atoms with Gasteiger partial charge in [-0.3, -0.25) is 9.78 Å². The van der Waals surface area contributed by atoms with Gasteiger partial charge in [-0.2, -0.15) is 0 Å². The molecule has 0 fully saturated rings. The topological polar surface area (TPSA) is 105 Å². The number of hydrogen-bond acceptors (Lipinski definition) is 6. The molecule has 0 atom stereocenters. The zero-order valence-corrected chi connectivity index (χ0v) is 16.6. The summed E-state index contributed by atoms with van der Waals surface area (Å²) in [6, 6.07) is 9.87. The fraction of sp³-hybridized carbons (Fsp3) is 0.278. The predicted octanol–water partition coefficient (Wildman–Crippen LogP) is 2.24. The van der Waals surface area contributed by atoms with Gasteiger partial charge in [0.1, 0.15) is 5.52 Å². The van der Waals surface area contributed by atoms with E-state index in [2.05, 4.69) is 20.3 Å². The third-order valence-corrected chi connectivity index (χ3v) is 5.24. The fourth-order valence-corrected chi connectivity index (χ4v) is 3.49. The Morgan fingerprint density at radius 1 is 1.21 bits per heavy atom. The molecule has 7 nitrogen and oxygen atoms in total. The van der Waals surface area contributed by atoms with E-state index in [0.29, 0.717) is 25.9 Å². The molecule has 2 heterocycles. The second-order valence-corrected chi connectivity index (χ2v) is 8.59. The van der Waals surface area contributed by atoms with Gasteiger partial charge in [0, 0.05) is 12.8 Å². The molecule has 10 heteroatoms. The molecule has 0 aliphatic rings. The maximum Gasteiger partial charge on any atom is 0.261 e. The molecule has 3 rings (SSSR count). The molecule has 1 aromatic carbocycles. The highest BCUT2D eigenvalue weighted by molar-refractivity contribution is 7.90. The van der Waals surface area contributed by atoms with Crippen LogP contribution in [0.25, 0.3) is 10.9 Å². The average Bonchev–Trinajstić information content (AvgIpc) is 2.65. The van der Waals surface area contributed by atoms with Gasteiger partial charge in [-0.1, -0.05) is 41.9 Å². The van der Waals surface area contributed by atoms with Crippen LogP contribution in [-0.4, -0.2) is 36.2 Å². The van der Waals surface area contributed by atoms with E-state index in [1.54, 1.807) is 0 Å². The van der Waals surface area contributed by atoms with Crippen LogP contribution in [-0.2, 0) is 22.8 Å². The number of H-pyrrole nitrogens is 1. The molecule has 3 aromatic rings. The molecule has 0 aliphatic carbocycles. The number of benzene rings is 1. The Morgan fingerprint density at radius 2 is 1.93 bits per heavy atom. The van der Waals surface area contributed by atoms with Crippen LogP contribution in [0.5, 0.6) is 0 Å². The first-order valence-electron chi connectivity index (χ1n) is 8.50. The van der Waals surface area contributed by atoms with E-state index >= 15 is 0 Å². The Kier molecular flexibility index (Phi) is 6.07. The van der Waals surface area contributed by atoms with Crippen LogP contribution in [0.1, 0.15) is 17.7 Å². The van der Waals surface area contributed by atoms with Gasteiger partial charge in [0.05, 0.1) is 11.1 Å². The van der Waals surface area contributed by atoms with Crippen LogP contribution < -0.4 is 10.9 Å². The standard InChI is InChI=1S/C18H18ClFN4O3S/c1-28(26,27)18-23-15-13(17(25)24-18)12(22-16(19)14(15)20)8-5-9-21-10-11-6-3-2-4-7-11/h2-4,6-7,21H,5,8-10H2,1H3,(H,23,24,25). The minimum absolute atomic E-state index is 0.0858. The quantitative estimate of drug-likeness (QED) is 0.342. The van der Waals surface area contributed by atoms with Crippen LogP contribution in [0.4, 0.5) is 4.39 Å². The first kappa shape index (κ1) is 20.4. The summed E-state index contributed by atoms with van der Waals surface area (Å²) in [7, 11) is -3.82. The molecule has 0 spiro atoms. The van der Waals surface area contributed by atoms with Crippen LogP contribution in [0.15, 0.2) is 40.3 Å².